The minimum Gasteiger partial charge on any atom is -0.496 e. The van der Waals surface area contributed by atoms with Crippen molar-refractivity contribution in [1.82, 2.24) is 10.2 Å². The lowest BCUT2D eigenvalue weighted by atomic mass is 9.92. The predicted molar refractivity (Wildman–Crippen MR) is 106 cm³/mol. The highest BCUT2D eigenvalue weighted by molar-refractivity contribution is 7.90. The Kier molecular flexibility index (Phi) is 5.25. The van der Waals surface area contributed by atoms with E-state index in [0.29, 0.717) is 16.9 Å². The molecule has 0 radical (unpaired) electrons. The van der Waals surface area contributed by atoms with Gasteiger partial charge in [-0.25, -0.2) is 13.2 Å². The second kappa shape index (κ2) is 7.41. The van der Waals surface area contributed by atoms with Gasteiger partial charge in [0.25, 0.3) is 11.6 Å². The van der Waals surface area contributed by atoms with Gasteiger partial charge in [0, 0.05) is 24.0 Å². The molecule has 1 N–H and O–H groups in total. The van der Waals surface area contributed by atoms with Gasteiger partial charge in [0.1, 0.15) is 11.3 Å². The van der Waals surface area contributed by atoms with E-state index in [2.05, 4.69) is 5.32 Å². The number of hydrogen-bond donors (Lipinski definition) is 1. The monoisotopic (exact) mass is 433 g/mol. The first-order chi connectivity index (χ1) is 14.0. The first kappa shape index (κ1) is 21.2. The molecule has 0 bridgehead atoms. The third kappa shape index (κ3) is 3.71. The second-order valence-electron chi connectivity index (χ2n) is 7.00. The number of urea groups is 1. The molecule has 3 rings (SSSR count). The van der Waals surface area contributed by atoms with Crippen molar-refractivity contribution >= 4 is 27.5 Å². The van der Waals surface area contributed by atoms with Crippen molar-refractivity contribution in [1.29, 1.82) is 0 Å². The summed E-state index contributed by atoms with van der Waals surface area (Å²) in [5.74, 6) is -0.277. The molecule has 30 heavy (non-hydrogen) atoms. The van der Waals surface area contributed by atoms with Gasteiger partial charge in [0.2, 0.25) is 0 Å². The van der Waals surface area contributed by atoms with Gasteiger partial charge in [-0.15, -0.1) is 0 Å². The zero-order valence-corrected chi connectivity index (χ0v) is 17.2. The van der Waals surface area contributed by atoms with Crippen LogP contribution in [-0.4, -0.2) is 43.5 Å². The smallest absolute Gasteiger partial charge is 0.325 e. The van der Waals surface area contributed by atoms with E-state index in [-0.39, 0.29) is 17.1 Å². The van der Waals surface area contributed by atoms with Crippen molar-refractivity contribution in [2.24, 2.45) is 0 Å². The van der Waals surface area contributed by atoms with E-state index in [9.17, 15) is 28.1 Å². The van der Waals surface area contributed by atoms with Crippen LogP contribution >= 0.6 is 0 Å². The van der Waals surface area contributed by atoms with Crippen LogP contribution in [0.2, 0.25) is 0 Å². The summed E-state index contributed by atoms with van der Waals surface area (Å²) in [5, 5.41) is 13.7. The van der Waals surface area contributed by atoms with Crippen molar-refractivity contribution < 1.29 is 27.7 Å². The van der Waals surface area contributed by atoms with Crippen molar-refractivity contribution in [3.05, 3.63) is 63.7 Å². The topological polar surface area (TPSA) is 136 Å². The largest absolute Gasteiger partial charge is 0.496 e. The van der Waals surface area contributed by atoms with Crippen LogP contribution in [0.5, 0.6) is 5.75 Å². The van der Waals surface area contributed by atoms with E-state index in [1.807, 2.05) is 0 Å². The molecule has 0 saturated carbocycles. The Bertz CT molecular complexity index is 1150. The van der Waals surface area contributed by atoms with Crippen LogP contribution in [0.15, 0.2) is 47.4 Å². The average molecular weight is 433 g/mol. The van der Waals surface area contributed by atoms with Gasteiger partial charge < -0.3 is 10.1 Å². The van der Waals surface area contributed by atoms with E-state index in [0.717, 1.165) is 11.2 Å². The summed E-state index contributed by atoms with van der Waals surface area (Å²) in [4.78, 5) is 37.1. The number of carbonyl (C=O) groups is 2. The molecule has 1 atom stereocenters. The molecule has 0 aromatic heterocycles. The van der Waals surface area contributed by atoms with Gasteiger partial charge in [0.15, 0.2) is 9.84 Å². The lowest BCUT2D eigenvalue weighted by Gasteiger charge is -2.22. The molecule has 2 aromatic rings. The minimum absolute atomic E-state index is 0.0878. The molecule has 1 aliphatic rings. The highest BCUT2D eigenvalue weighted by Crippen LogP contribution is 2.32. The van der Waals surface area contributed by atoms with Crippen LogP contribution in [-0.2, 0) is 26.7 Å². The Balaban J connectivity index is 1.93. The number of ether oxygens (including phenoxy) is 1. The number of nitro groups is 1. The van der Waals surface area contributed by atoms with Gasteiger partial charge in [-0.05, 0) is 30.7 Å². The van der Waals surface area contributed by atoms with Gasteiger partial charge in [-0.2, -0.15) is 0 Å². The lowest BCUT2D eigenvalue weighted by Crippen LogP contribution is -2.40. The van der Waals surface area contributed by atoms with Crippen molar-refractivity contribution in [2.45, 2.75) is 23.9 Å². The summed E-state index contributed by atoms with van der Waals surface area (Å²) < 4.78 is 28.5. The Morgan fingerprint density at radius 2 is 1.80 bits per heavy atom. The van der Waals surface area contributed by atoms with Crippen molar-refractivity contribution in [3.8, 4) is 5.75 Å². The SMILES string of the molecule is COc1ccc([N+](=O)[O-])cc1CN1C(=O)NC(C)(c2ccc(S(C)(=O)=O)cc2)C1=O. The standard InChI is InChI=1S/C19H19N3O7S/c1-19(13-4-7-15(8-5-13)30(3,27)28)17(23)21(18(24)20-19)11-12-10-14(22(25)26)6-9-16(12)29-2/h4-10H,11H2,1-3H3,(H,20,24). The molecule has 2 aromatic carbocycles. The maximum absolute atomic E-state index is 13.1. The van der Waals surface area contributed by atoms with Crippen LogP contribution in [0.25, 0.3) is 0 Å². The molecule has 1 fully saturated rings. The highest BCUT2D eigenvalue weighted by Gasteiger charge is 2.49. The number of nitrogens with one attached hydrogen (secondary N) is 1. The zero-order chi connectivity index (χ0) is 22.3. The number of rotatable bonds is 6. The molecule has 10 nitrogen and oxygen atoms in total. The minimum atomic E-state index is -3.41. The summed E-state index contributed by atoms with van der Waals surface area (Å²) in [6.07, 6.45) is 1.07. The third-order valence-electron chi connectivity index (χ3n) is 4.94. The zero-order valence-electron chi connectivity index (χ0n) is 16.4. The number of imide groups is 1. The number of benzene rings is 2. The van der Waals surface area contributed by atoms with Crippen LogP contribution in [0.4, 0.5) is 10.5 Å². The van der Waals surface area contributed by atoms with E-state index >= 15 is 0 Å². The van der Waals surface area contributed by atoms with E-state index in [1.54, 1.807) is 0 Å². The third-order valence-corrected chi connectivity index (χ3v) is 6.07. The number of carbonyl (C=O) groups excluding carboxylic acids is 2. The Morgan fingerprint density at radius 1 is 1.17 bits per heavy atom. The van der Waals surface area contributed by atoms with Crippen LogP contribution < -0.4 is 10.1 Å². The number of methoxy groups -OCH3 is 1. The predicted octanol–water partition coefficient (Wildman–Crippen LogP) is 1.97. The first-order valence-corrected chi connectivity index (χ1v) is 10.6. The number of sulfone groups is 1. The lowest BCUT2D eigenvalue weighted by molar-refractivity contribution is -0.384. The number of nitro benzene ring substituents is 1. The van der Waals surface area contributed by atoms with Crippen LogP contribution in [0, 0.1) is 10.1 Å². The Labute approximate surface area is 172 Å². The molecule has 0 aliphatic carbocycles. The normalized spacial score (nSPS) is 19.0. The summed E-state index contributed by atoms with van der Waals surface area (Å²) in [7, 11) is -2.03. The quantitative estimate of drug-likeness (QED) is 0.418. The second-order valence-corrected chi connectivity index (χ2v) is 9.01. The number of non-ortho nitro benzene ring substituents is 1. The molecule has 3 amide bonds. The molecule has 1 aliphatic heterocycles. The fraction of sp³-hybridized carbons (Fsp3) is 0.263. The summed E-state index contributed by atoms with van der Waals surface area (Å²) in [6.45, 7) is 1.28. The molecule has 1 heterocycles. The molecular weight excluding hydrogens is 414 g/mol. The fourth-order valence-electron chi connectivity index (χ4n) is 3.24. The first-order valence-electron chi connectivity index (χ1n) is 8.73. The van der Waals surface area contributed by atoms with E-state index in [1.165, 1.54) is 56.5 Å². The van der Waals surface area contributed by atoms with E-state index < -0.39 is 32.2 Å². The van der Waals surface area contributed by atoms with Gasteiger partial charge >= 0.3 is 6.03 Å². The number of amides is 3. The van der Waals surface area contributed by atoms with Gasteiger partial charge in [-0.3, -0.25) is 19.8 Å². The van der Waals surface area contributed by atoms with Gasteiger partial charge in [-0.1, -0.05) is 12.1 Å². The average Bonchev–Trinajstić information content (AvgIpc) is 2.91. The molecule has 0 spiro atoms. The fourth-order valence-corrected chi connectivity index (χ4v) is 3.87. The molecule has 11 heteroatoms. The summed E-state index contributed by atoms with van der Waals surface area (Å²) in [5.41, 5.74) is -0.910. The van der Waals surface area contributed by atoms with Crippen LogP contribution in [0.1, 0.15) is 18.1 Å². The number of nitrogens with zero attached hydrogens (tertiary/aromatic N) is 2. The van der Waals surface area contributed by atoms with Crippen molar-refractivity contribution in [2.75, 3.05) is 13.4 Å². The molecule has 1 saturated heterocycles. The van der Waals surface area contributed by atoms with Crippen LogP contribution in [0.3, 0.4) is 0 Å². The van der Waals surface area contributed by atoms with E-state index in [4.69, 9.17) is 4.74 Å². The molecule has 1 unspecified atom stereocenters. The maximum Gasteiger partial charge on any atom is 0.325 e. The maximum atomic E-state index is 13.1. The molecular formula is C19H19N3O7S. The summed E-state index contributed by atoms with van der Waals surface area (Å²) in [6, 6.07) is 8.89. The van der Waals surface area contributed by atoms with Gasteiger partial charge in [0.05, 0.1) is 23.5 Å². The Hall–Kier alpha value is -3.47. The number of hydrogen-bond acceptors (Lipinski definition) is 7. The molecule has 158 valence electrons. The van der Waals surface area contributed by atoms with Crippen molar-refractivity contribution in [3.63, 3.8) is 0 Å². The Morgan fingerprint density at radius 3 is 2.33 bits per heavy atom. The summed E-state index contributed by atoms with van der Waals surface area (Å²) >= 11 is 0. The highest BCUT2D eigenvalue weighted by atomic mass is 32.2.